The van der Waals surface area contributed by atoms with Crippen LogP contribution in [0.25, 0.3) is 0 Å². The fourth-order valence-corrected chi connectivity index (χ4v) is 2.18. The van der Waals surface area contributed by atoms with Crippen molar-refractivity contribution in [3.63, 3.8) is 0 Å². The van der Waals surface area contributed by atoms with Gasteiger partial charge in [0.1, 0.15) is 0 Å². The van der Waals surface area contributed by atoms with E-state index in [0.29, 0.717) is 13.0 Å². The lowest BCUT2D eigenvalue weighted by atomic mass is 10.1. The van der Waals surface area contributed by atoms with Crippen LogP contribution in [0.1, 0.15) is 24.1 Å². The van der Waals surface area contributed by atoms with Crippen LogP contribution in [-0.2, 0) is 24.8 Å². The van der Waals surface area contributed by atoms with E-state index < -0.39 is 0 Å². The molecule has 2 aromatic rings. The molecule has 0 fully saturated rings. The zero-order valence-electron chi connectivity index (χ0n) is 12.1. The van der Waals surface area contributed by atoms with Gasteiger partial charge in [-0.15, -0.1) is 0 Å². The number of aryl methyl sites for hydroxylation is 2. The molecule has 0 N–H and O–H groups in total. The molecule has 20 heavy (non-hydrogen) atoms. The molecule has 4 nitrogen and oxygen atoms in total. The minimum absolute atomic E-state index is 0.195. The molecule has 0 aliphatic rings. The van der Waals surface area contributed by atoms with Crippen molar-refractivity contribution in [3.8, 4) is 0 Å². The molecular weight excluding hydrogens is 250 g/mol. The summed E-state index contributed by atoms with van der Waals surface area (Å²) < 4.78 is 2.04. The second kappa shape index (κ2) is 6.89. The van der Waals surface area contributed by atoms with Crippen molar-refractivity contribution in [1.29, 1.82) is 0 Å². The average Bonchev–Trinajstić information content (AvgIpc) is 2.85. The molecule has 0 saturated heterocycles. The second-order valence-corrected chi connectivity index (χ2v) is 5.07. The fraction of sp³-hybridized carbons (Fsp3) is 0.375. The highest BCUT2D eigenvalue weighted by molar-refractivity contribution is 5.75. The van der Waals surface area contributed by atoms with Gasteiger partial charge in [-0.2, -0.15) is 0 Å². The minimum atomic E-state index is 0.195. The number of rotatable bonds is 6. The molecule has 0 aromatic carbocycles. The lowest BCUT2D eigenvalue weighted by Crippen LogP contribution is -2.26. The molecule has 0 atom stereocenters. The van der Waals surface area contributed by atoms with Crippen molar-refractivity contribution in [2.45, 2.75) is 25.8 Å². The van der Waals surface area contributed by atoms with Crippen molar-refractivity contribution in [2.75, 3.05) is 7.05 Å². The van der Waals surface area contributed by atoms with Gasteiger partial charge in [0.2, 0.25) is 5.91 Å². The largest absolute Gasteiger partial charge is 0.353 e. The predicted octanol–water partition coefficient (Wildman–Crippen LogP) is 2.40. The van der Waals surface area contributed by atoms with E-state index in [1.165, 1.54) is 5.56 Å². The monoisotopic (exact) mass is 271 g/mol. The van der Waals surface area contributed by atoms with Gasteiger partial charge in [-0.05, 0) is 42.7 Å². The predicted molar refractivity (Wildman–Crippen MR) is 79.1 cm³/mol. The first-order valence-electron chi connectivity index (χ1n) is 6.90. The number of nitrogens with zero attached hydrogens (tertiary/aromatic N) is 3. The Morgan fingerprint density at radius 1 is 1.30 bits per heavy atom. The molecule has 106 valence electrons. The standard InChI is InChI=1S/C16H21N3O/c1-18-12-4-6-15(18)13-19(2)16(20)7-3-5-14-8-10-17-11-9-14/h4,6,8-12H,3,5,7,13H2,1-2H3. The maximum Gasteiger partial charge on any atom is 0.222 e. The molecule has 2 aromatic heterocycles. The van der Waals surface area contributed by atoms with E-state index in [2.05, 4.69) is 4.98 Å². The molecule has 1 amide bonds. The van der Waals surface area contributed by atoms with E-state index in [4.69, 9.17) is 0 Å². The van der Waals surface area contributed by atoms with E-state index >= 15 is 0 Å². The molecule has 0 aliphatic heterocycles. The first kappa shape index (κ1) is 14.3. The Bertz CT molecular complexity index is 548. The summed E-state index contributed by atoms with van der Waals surface area (Å²) in [5.74, 6) is 0.195. The van der Waals surface area contributed by atoms with Crippen LogP contribution in [-0.4, -0.2) is 27.4 Å². The van der Waals surface area contributed by atoms with E-state index in [-0.39, 0.29) is 5.91 Å². The van der Waals surface area contributed by atoms with Crippen LogP contribution in [0.2, 0.25) is 0 Å². The maximum atomic E-state index is 12.1. The van der Waals surface area contributed by atoms with Gasteiger partial charge in [-0.25, -0.2) is 0 Å². The Morgan fingerprint density at radius 3 is 2.70 bits per heavy atom. The number of hydrogen-bond acceptors (Lipinski definition) is 2. The summed E-state index contributed by atoms with van der Waals surface area (Å²) in [5, 5.41) is 0. The third-order valence-corrected chi connectivity index (χ3v) is 3.48. The van der Waals surface area contributed by atoms with Crippen LogP contribution in [0.4, 0.5) is 0 Å². The van der Waals surface area contributed by atoms with Crippen LogP contribution in [0.5, 0.6) is 0 Å². The number of aromatic nitrogens is 2. The lowest BCUT2D eigenvalue weighted by Gasteiger charge is -2.17. The zero-order valence-corrected chi connectivity index (χ0v) is 12.1. The second-order valence-electron chi connectivity index (χ2n) is 5.07. The smallest absolute Gasteiger partial charge is 0.222 e. The highest BCUT2D eigenvalue weighted by atomic mass is 16.2. The molecular formula is C16H21N3O. The van der Waals surface area contributed by atoms with Crippen molar-refractivity contribution in [3.05, 3.63) is 54.1 Å². The summed E-state index contributed by atoms with van der Waals surface area (Å²) in [6, 6.07) is 8.04. The van der Waals surface area contributed by atoms with Crippen LogP contribution >= 0.6 is 0 Å². The van der Waals surface area contributed by atoms with Crippen LogP contribution in [0, 0.1) is 0 Å². The molecule has 0 aliphatic carbocycles. The highest BCUT2D eigenvalue weighted by Crippen LogP contribution is 2.08. The van der Waals surface area contributed by atoms with Gasteiger partial charge in [0.05, 0.1) is 6.54 Å². The average molecular weight is 271 g/mol. The Labute approximate surface area is 120 Å². The van der Waals surface area contributed by atoms with Gasteiger partial charge in [-0.1, -0.05) is 0 Å². The summed E-state index contributed by atoms with van der Waals surface area (Å²) in [6.07, 6.45) is 7.96. The molecule has 0 spiro atoms. The Kier molecular flexibility index (Phi) is 4.93. The molecule has 0 bridgehead atoms. The summed E-state index contributed by atoms with van der Waals surface area (Å²) in [7, 11) is 3.86. The van der Waals surface area contributed by atoms with Crippen molar-refractivity contribution >= 4 is 5.91 Å². The van der Waals surface area contributed by atoms with E-state index in [0.717, 1.165) is 18.5 Å². The van der Waals surface area contributed by atoms with Gasteiger partial charge >= 0.3 is 0 Å². The molecule has 0 radical (unpaired) electrons. The zero-order chi connectivity index (χ0) is 14.4. The van der Waals surface area contributed by atoms with Crippen molar-refractivity contribution < 1.29 is 4.79 Å². The number of carbonyl (C=O) groups excluding carboxylic acids is 1. The van der Waals surface area contributed by atoms with Gasteiger partial charge in [0, 0.05) is 44.8 Å². The van der Waals surface area contributed by atoms with Crippen LogP contribution in [0.3, 0.4) is 0 Å². The Balaban J connectivity index is 1.76. The van der Waals surface area contributed by atoms with Crippen LogP contribution in [0.15, 0.2) is 42.9 Å². The molecule has 0 unspecified atom stereocenters. The number of amides is 1. The number of pyridine rings is 1. The number of hydrogen-bond donors (Lipinski definition) is 0. The summed E-state index contributed by atoms with van der Waals surface area (Å²) in [5.41, 5.74) is 2.38. The normalized spacial score (nSPS) is 10.5. The van der Waals surface area contributed by atoms with E-state index in [1.54, 1.807) is 17.3 Å². The fourth-order valence-electron chi connectivity index (χ4n) is 2.18. The SMILES string of the molecule is CN(Cc1cccn1C)C(=O)CCCc1ccncc1. The van der Waals surface area contributed by atoms with Crippen molar-refractivity contribution in [2.24, 2.45) is 7.05 Å². The van der Waals surface area contributed by atoms with E-state index in [1.807, 2.05) is 49.1 Å². The van der Waals surface area contributed by atoms with Gasteiger partial charge in [0.15, 0.2) is 0 Å². The minimum Gasteiger partial charge on any atom is -0.353 e. The summed E-state index contributed by atoms with van der Waals surface area (Å²) in [6.45, 7) is 0.664. The summed E-state index contributed by atoms with van der Waals surface area (Å²) >= 11 is 0. The van der Waals surface area contributed by atoms with Gasteiger partial charge in [0.25, 0.3) is 0 Å². The van der Waals surface area contributed by atoms with Gasteiger partial charge < -0.3 is 9.47 Å². The Hall–Kier alpha value is -2.10. The molecule has 0 saturated carbocycles. The summed E-state index contributed by atoms with van der Waals surface area (Å²) in [4.78, 5) is 17.9. The first-order chi connectivity index (χ1) is 9.66. The lowest BCUT2D eigenvalue weighted by molar-refractivity contribution is -0.130. The molecule has 4 heteroatoms. The highest BCUT2D eigenvalue weighted by Gasteiger charge is 2.10. The van der Waals surface area contributed by atoms with Crippen LogP contribution < -0.4 is 0 Å². The quantitative estimate of drug-likeness (QED) is 0.809. The van der Waals surface area contributed by atoms with Crippen molar-refractivity contribution in [1.82, 2.24) is 14.5 Å². The molecule has 2 rings (SSSR count). The first-order valence-corrected chi connectivity index (χ1v) is 6.90. The number of carbonyl (C=O) groups is 1. The third-order valence-electron chi connectivity index (χ3n) is 3.48. The topological polar surface area (TPSA) is 38.1 Å². The molecule has 2 heterocycles. The van der Waals surface area contributed by atoms with Gasteiger partial charge in [-0.3, -0.25) is 9.78 Å². The maximum absolute atomic E-state index is 12.1. The van der Waals surface area contributed by atoms with E-state index in [9.17, 15) is 4.79 Å². The Morgan fingerprint density at radius 2 is 2.05 bits per heavy atom. The third kappa shape index (κ3) is 3.95.